The van der Waals surface area contributed by atoms with Gasteiger partial charge in [0.15, 0.2) is 0 Å². The molecule has 0 radical (unpaired) electrons. The van der Waals surface area contributed by atoms with Gasteiger partial charge < -0.3 is 15.1 Å². The second kappa shape index (κ2) is 9.32. The lowest BCUT2D eigenvalue weighted by Crippen LogP contribution is -2.49. The summed E-state index contributed by atoms with van der Waals surface area (Å²) in [6.07, 6.45) is 5.36. The van der Waals surface area contributed by atoms with Gasteiger partial charge in [-0.05, 0) is 43.7 Å². The summed E-state index contributed by atoms with van der Waals surface area (Å²) in [6.45, 7) is 10.1. The molecule has 1 aliphatic rings. The van der Waals surface area contributed by atoms with E-state index in [-0.39, 0.29) is 6.03 Å². The Morgan fingerprint density at radius 2 is 1.78 bits per heavy atom. The Labute approximate surface area is 161 Å². The molecular weight excluding hydrogens is 340 g/mol. The minimum absolute atomic E-state index is 0.0593. The maximum atomic E-state index is 12.5. The van der Waals surface area contributed by atoms with Gasteiger partial charge in [-0.15, -0.1) is 0 Å². The lowest BCUT2D eigenvalue weighted by molar-refractivity contribution is 0.143. The van der Waals surface area contributed by atoms with Gasteiger partial charge in [-0.2, -0.15) is 0 Å². The maximum Gasteiger partial charge on any atom is 0.321 e. The van der Waals surface area contributed by atoms with Crippen molar-refractivity contribution in [3.8, 4) is 0 Å². The fourth-order valence-corrected chi connectivity index (χ4v) is 3.25. The van der Waals surface area contributed by atoms with E-state index < -0.39 is 0 Å². The van der Waals surface area contributed by atoms with Gasteiger partial charge in [0.25, 0.3) is 0 Å². The van der Waals surface area contributed by atoms with Crippen LogP contribution in [0.5, 0.6) is 0 Å². The molecule has 2 aromatic heterocycles. The molecule has 7 heteroatoms. The Morgan fingerprint density at radius 1 is 1.07 bits per heavy atom. The van der Waals surface area contributed by atoms with Gasteiger partial charge in [0, 0.05) is 58.2 Å². The number of amides is 2. The van der Waals surface area contributed by atoms with Gasteiger partial charge in [-0.1, -0.05) is 0 Å². The minimum atomic E-state index is -0.0593. The van der Waals surface area contributed by atoms with Gasteiger partial charge in [-0.3, -0.25) is 9.88 Å². The zero-order chi connectivity index (χ0) is 19.1. The summed E-state index contributed by atoms with van der Waals surface area (Å²) < 4.78 is 0. The van der Waals surface area contributed by atoms with Gasteiger partial charge in [0.2, 0.25) is 0 Å². The number of piperazine rings is 1. The van der Waals surface area contributed by atoms with Gasteiger partial charge in [0.05, 0.1) is 11.9 Å². The van der Waals surface area contributed by atoms with Crippen molar-refractivity contribution in [2.24, 2.45) is 0 Å². The highest BCUT2D eigenvalue weighted by atomic mass is 16.2. The summed E-state index contributed by atoms with van der Waals surface area (Å²) in [4.78, 5) is 27.4. The molecule has 27 heavy (non-hydrogen) atoms. The predicted octanol–water partition coefficient (Wildman–Crippen LogP) is 2.67. The third-order valence-electron chi connectivity index (χ3n) is 4.90. The van der Waals surface area contributed by atoms with Gasteiger partial charge >= 0.3 is 6.03 Å². The lowest BCUT2D eigenvalue weighted by Gasteiger charge is -2.34. The van der Waals surface area contributed by atoms with Gasteiger partial charge in [0.1, 0.15) is 5.82 Å². The van der Waals surface area contributed by atoms with Crippen LogP contribution in [0, 0.1) is 0 Å². The third kappa shape index (κ3) is 5.17. The molecule has 0 aliphatic carbocycles. The van der Waals surface area contributed by atoms with Crippen LogP contribution in [-0.2, 0) is 6.54 Å². The van der Waals surface area contributed by atoms with Crippen LogP contribution in [-0.4, -0.2) is 65.1 Å². The molecule has 1 N–H and O–H groups in total. The molecule has 0 aromatic carbocycles. The van der Waals surface area contributed by atoms with Crippen molar-refractivity contribution in [3.63, 3.8) is 0 Å². The standard InChI is InChI=1S/C20H28N6O/c1-3-25(4-2)19-6-5-18(15-22-19)23-20(27)26-13-11-24(12-14-26)16-17-7-9-21-10-8-17/h5-10,15H,3-4,11-14,16H2,1-2H3,(H,23,27). The molecule has 2 amide bonds. The number of urea groups is 1. The van der Waals surface area contributed by atoms with E-state index in [9.17, 15) is 4.79 Å². The van der Waals surface area contributed by atoms with Crippen LogP contribution < -0.4 is 10.2 Å². The Morgan fingerprint density at radius 3 is 2.37 bits per heavy atom. The Hall–Kier alpha value is -2.67. The Bertz CT molecular complexity index is 709. The van der Waals surface area contributed by atoms with E-state index >= 15 is 0 Å². The van der Waals surface area contributed by atoms with Crippen LogP contribution in [0.2, 0.25) is 0 Å². The number of carbonyl (C=O) groups excluding carboxylic acids is 1. The van der Waals surface area contributed by atoms with Crippen molar-refractivity contribution >= 4 is 17.5 Å². The van der Waals surface area contributed by atoms with Crippen LogP contribution in [0.1, 0.15) is 19.4 Å². The normalized spacial score (nSPS) is 14.8. The highest BCUT2D eigenvalue weighted by molar-refractivity contribution is 5.89. The van der Waals surface area contributed by atoms with Crippen LogP contribution in [0.25, 0.3) is 0 Å². The lowest BCUT2D eigenvalue weighted by atomic mass is 10.2. The predicted molar refractivity (Wildman–Crippen MR) is 108 cm³/mol. The number of anilines is 2. The maximum absolute atomic E-state index is 12.5. The molecule has 0 bridgehead atoms. The fourth-order valence-electron chi connectivity index (χ4n) is 3.25. The van der Waals surface area contributed by atoms with E-state index in [0.29, 0.717) is 0 Å². The smallest absolute Gasteiger partial charge is 0.321 e. The molecule has 3 heterocycles. The van der Waals surface area contributed by atoms with Crippen LogP contribution in [0.4, 0.5) is 16.3 Å². The second-order valence-corrected chi connectivity index (χ2v) is 6.63. The monoisotopic (exact) mass is 368 g/mol. The van der Waals surface area contributed by atoms with Crippen LogP contribution in [0.3, 0.4) is 0 Å². The second-order valence-electron chi connectivity index (χ2n) is 6.63. The molecule has 0 unspecified atom stereocenters. The van der Waals surface area contributed by atoms with E-state index in [4.69, 9.17) is 0 Å². The van der Waals surface area contributed by atoms with E-state index in [1.54, 1.807) is 6.20 Å². The first kappa shape index (κ1) is 19.1. The van der Waals surface area contributed by atoms with Crippen molar-refractivity contribution in [2.45, 2.75) is 20.4 Å². The number of aromatic nitrogens is 2. The number of hydrogen-bond donors (Lipinski definition) is 1. The topological polar surface area (TPSA) is 64.6 Å². The molecule has 1 saturated heterocycles. The number of carbonyl (C=O) groups is 1. The van der Waals surface area contributed by atoms with Crippen molar-refractivity contribution < 1.29 is 4.79 Å². The van der Waals surface area contributed by atoms with Crippen LogP contribution >= 0.6 is 0 Å². The molecule has 0 atom stereocenters. The van der Waals surface area contributed by atoms with E-state index in [2.05, 4.69) is 38.9 Å². The minimum Gasteiger partial charge on any atom is -0.357 e. The summed E-state index contributed by atoms with van der Waals surface area (Å²) in [6, 6.07) is 7.88. The van der Waals surface area contributed by atoms with Crippen molar-refractivity contribution in [3.05, 3.63) is 48.4 Å². The highest BCUT2D eigenvalue weighted by Crippen LogP contribution is 2.15. The number of pyridine rings is 2. The number of nitrogens with zero attached hydrogens (tertiary/aromatic N) is 5. The summed E-state index contributed by atoms with van der Waals surface area (Å²) in [5.74, 6) is 0.933. The first-order valence-corrected chi connectivity index (χ1v) is 9.57. The molecule has 0 spiro atoms. The third-order valence-corrected chi connectivity index (χ3v) is 4.90. The SMILES string of the molecule is CCN(CC)c1ccc(NC(=O)N2CCN(Cc3ccncc3)CC2)cn1. The number of nitrogens with one attached hydrogen (secondary N) is 1. The molecular formula is C20H28N6O. The molecule has 144 valence electrons. The fraction of sp³-hybridized carbons (Fsp3) is 0.450. The van der Waals surface area contributed by atoms with Crippen LogP contribution in [0.15, 0.2) is 42.9 Å². The number of hydrogen-bond acceptors (Lipinski definition) is 5. The summed E-state index contributed by atoms with van der Waals surface area (Å²) >= 11 is 0. The molecule has 1 aliphatic heterocycles. The quantitative estimate of drug-likeness (QED) is 0.849. The molecule has 0 saturated carbocycles. The summed E-state index contributed by atoms with van der Waals surface area (Å²) in [7, 11) is 0. The molecule has 7 nitrogen and oxygen atoms in total. The zero-order valence-corrected chi connectivity index (χ0v) is 16.1. The average molecular weight is 368 g/mol. The van der Waals surface area contributed by atoms with Crippen molar-refractivity contribution in [1.29, 1.82) is 0 Å². The molecule has 2 aromatic rings. The van der Waals surface area contributed by atoms with E-state index in [1.807, 2.05) is 41.6 Å². The van der Waals surface area contributed by atoms with Gasteiger partial charge in [-0.25, -0.2) is 9.78 Å². The van der Waals surface area contributed by atoms with Crippen molar-refractivity contribution in [1.82, 2.24) is 19.8 Å². The Kier molecular flexibility index (Phi) is 6.59. The number of rotatable bonds is 6. The first-order chi connectivity index (χ1) is 13.2. The highest BCUT2D eigenvalue weighted by Gasteiger charge is 2.21. The Balaban J connectivity index is 1.48. The van der Waals surface area contributed by atoms with Crippen molar-refractivity contribution in [2.75, 3.05) is 49.5 Å². The average Bonchev–Trinajstić information content (AvgIpc) is 2.71. The molecule has 1 fully saturated rings. The largest absolute Gasteiger partial charge is 0.357 e. The van der Waals surface area contributed by atoms with E-state index in [1.165, 1.54) is 5.56 Å². The zero-order valence-electron chi connectivity index (χ0n) is 16.1. The first-order valence-electron chi connectivity index (χ1n) is 9.57. The molecule has 3 rings (SSSR count). The summed E-state index contributed by atoms with van der Waals surface area (Å²) in [5, 5.41) is 2.96. The summed E-state index contributed by atoms with van der Waals surface area (Å²) in [5.41, 5.74) is 1.98. The van der Waals surface area contributed by atoms with E-state index in [0.717, 1.165) is 57.3 Å².